The van der Waals surface area contributed by atoms with Crippen LogP contribution in [0.5, 0.6) is 11.5 Å². The van der Waals surface area contributed by atoms with Crippen molar-refractivity contribution >= 4 is 50.6 Å². The van der Waals surface area contributed by atoms with Gasteiger partial charge >= 0.3 is 5.97 Å². The Bertz CT molecular complexity index is 1310. The fraction of sp³-hybridized carbons (Fsp3) is 0.360. The quantitative estimate of drug-likeness (QED) is 0.243. The third-order valence-corrected chi connectivity index (χ3v) is 5.68. The maximum absolute atomic E-state index is 13.2. The van der Waals surface area contributed by atoms with E-state index in [1.165, 1.54) is 18.0 Å². The molecule has 0 N–H and O–H groups in total. The molecule has 35 heavy (non-hydrogen) atoms. The maximum Gasteiger partial charge on any atom is 0.344 e. The van der Waals surface area contributed by atoms with Gasteiger partial charge in [0, 0.05) is 10.9 Å². The molecule has 2 aromatic carbocycles. The van der Waals surface area contributed by atoms with E-state index in [4.69, 9.17) is 25.8 Å². The van der Waals surface area contributed by atoms with Gasteiger partial charge in [-0.25, -0.2) is 9.78 Å². The van der Waals surface area contributed by atoms with E-state index in [0.29, 0.717) is 34.5 Å². The number of fused-ring (bicyclic) bond motifs is 1. The van der Waals surface area contributed by atoms with Crippen LogP contribution in [-0.4, -0.2) is 41.7 Å². The second-order valence-electron chi connectivity index (χ2n) is 8.02. The monoisotopic (exact) mass is 563 g/mol. The van der Waals surface area contributed by atoms with E-state index in [0.717, 1.165) is 17.3 Å². The number of hydrogen-bond acceptors (Lipinski definition) is 7. The van der Waals surface area contributed by atoms with Crippen LogP contribution in [0.15, 0.2) is 44.7 Å². The highest BCUT2D eigenvalue weighted by Crippen LogP contribution is 2.36. The average Bonchev–Trinajstić information content (AvgIpc) is 2.81. The highest BCUT2D eigenvalue weighted by molar-refractivity contribution is 9.10. The Hall–Kier alpha value is -2.91. The molecule has 0 aliphatic rings. The van der Waals surface area contributed by atoms with Gasteiger partial charge in [0.2, 0.25) is 0 Å². The van der Waals surface area contributed by atoms with Gasteiger partial charge in [-0.1, -0.05) is 40.9 Å². The average molecular weight is 565 g/mol. The van der Waals surface area contributed by atoms with Gasteiger partial charge in [0.05, 0.1) is 35.4 Å². The third kappa shape index (κ3) is 6.82. The van der Waals surface area contributed by atoms with Crippen molar-refractivity contribution < 1.29 is 19.0 Å². The van der Waals surface area contributed by atoms with Gasteiger partial charge in [0.25, 0.3) is 5.56 Å². The summed E-state index contributed by atoms with van der Waals surface area (Å²) >= 11 is 9.81. The standard InChI is InChI=1S/C25H27BrClN3O5/c1-5-6-7-22-29-20-9-8-17(26)12-18(20)25(32)30(22)28-13-16-10-19(27)24(21(11-16)33-4)34-14-23(31)35-15(2)3/h8-13,15H,5-7,14H2,1-4H3. The van der Waals surface area contributed by atoms with Crippen LogP contribution in [0.1, 0.15) is 45.0 Å². The van der Waals surface area contributed by atoms with Gasteiger partial charge < -0.3 is 14.2 Å². The molecule has 0 atom stereocenters. The van der Waals surface area contributed by atoms with E-state index in [1.807, 2.05) is 12.1 Å². The number of carbonyl (C=O) groups excluding carboxylic acids is 1. The number of halogens is 2. The molecule has 3 rings (SSSR count). The zero-order valence-corrected chi connectivity index (χ0v) is 22.4. The summed E-state index contributed by atoms with van der Waals surface area (Å²) in [6.07, 6.45) is 3.69. The lowest BCUT2D eigenvalue weighted by Gasteiger charge is -2.14. The molecule has 0 aliphatic carbocycles. The lowest BCUT2D eigenvalue weighted by atomic mass is 10.2. The minimum atomic E-state index is -0.516. The SMILES string of the molecule is CCCCc1nc2ccc(Br)cc2c(=O)n1N=Cc1cc(Cl)c(OCC(=O)OC(C)C)c(OC)c1. The number of hydrogen-bond donors (Lipinski definition) is 0. The summed E-state index contributed by atoms with van der Waals surface area (Å²) < 4.78 is 18.1. The second-order valence-corrected chi connectivity index (χ2v) is 9.34. The molecule has 0 fully saturated rings. The Morgan fingerprint density at radius 1 is 1.29 bits per heavy atom. The number of aryl methyl sites for hydroxylation is 1. The molecule has 1 aromatic heterocycles. The molecule has 0 saturated heterocycles. The fourth-order valence-electron chi connectivity index (χ4n) is 3.32. The molecule has 8 nitrogen and oxygen atoms in total. The first-order valence-corrected chi connectivity index (χ1v) is 12.4. The van der Waals surface area contributed by atoms with Crippen LogP contribution in [0.4, 0.5) is 0 Å². The molecular weight excluding hydrogens is 538 g/mol. The normalized spacial score (nSPS) is 11.4. The van der Waals surface area contributed by atoms with Gasteiger partial charge in [0.1, 0.15) is 5.82 Å². The summed E-state index contributed by atoms with van der Waals surface area (Å²) in [4.78, 5) is 29.7. The van der Waals surface area contributed by atoms with E-state index in [-0.39, 0.29) is 29.0 Å². The maximum atomic E-state index is 13.2. The van der Waals surface area contributed by atoms with E-state index in [2.05, 4.69) is 32.9 Å². The molecule has 0 aliphatic heterocycles. The zero-order chi connectivity index (χ0) is 25.5. The summed E-state index contributed by atoms with van der Waals surface area (Å²) in [6.45, 7) is 5.27. The molecule has 1 heterocycles. The van der Waals surface area contributed by atoms with Gasteiger partial charge in [-0.15, -0.1) is 0 Å². The molecule has 10 heteroatoms. The third-order valence-electron chi connectivity index (χ3n) is 4.90. The van der Waals surface area contributed by atoms with Gasteiger partial charge in [-0.2, -0.15) is 9.78 Å². The van der Waals surface area contributed by atoms with Crippen LogP contribution >= 0.6 is 27.5 Å². The van der Waals surface area contributed by atoms with Crippen LogP contribution in [-0.2, 0) is 16.0 Å². The van der Waals surface area contributed by atoms with E-state index in [1.54, 1.807) is 32.0 Å². The van der Waals surface area contributed by atoms with Crippen molar-refractivity contribution in [3.63, 3.8) is 0 Å². The van der Waals surface area contributed by atoms with Gasteiger partial charge in [-0.3, -0.25) is 4.79 Å². The largest absolute Gasteiger partial charge is 0.493 e. The lowest BCUT2D eigenvalue weighted by Crippen LogP contribution is -2.22. The molecule has 186 valence electrons. The highest BCUT2D eigenvalue weighted by Gasteiger charge is 2.15. The summed E-state index contributed by atoms with van der Waals surface area (Å²) in [5.41, 5.74) is 0.935. The van der Waals surface area contributed by atoms with Crippen molar-refractivity contribution in [2.45, 2.75) is 46.1 Å². The number of methoxy groups -OCH3 is 1. The number of nitrogens with zero attached hydrogens (tertiary/aromatic N) is 3. The predicted molar refractivity (Wildman–Crippen MR) is 140 cm³/mol. The molecule has 0 spiro atoms. The minimum absolute atomic E-state index is 0.213. The molecule has 0 radical (unpaired) electrons. The van der Waals surface area contributed by atoms with Crippen molar-refractivity contribution in [2.24, 2.45) is 5.10 Å². The molecular formula is C25H27BrClN3O5. The van der Waals surface area contributed by atoms with Gasteiger partial charge in [0.15, 0.2) is 18.1 Å². The van der Waals surface area contributed by atoms with Crippen molar-refractivity contribution in [3.8, 4) is 11.5 Å². The number of ether oxygens (including phenoxy) is 3. The minimum Gasteiger partial charge on any atom is -0.493 e. The van der Waals surface area contributed by atoms with Crippen LogP contribution in [0.25, 0.3) is 10.9 Å². The number of esters is 1. The summed E-state index contributed by atoms with van der Waals surface area (Å²) in [6, 6.07) is 8.66. The Morgan fingerprint density at radius 3 is 2.74 bits per heavy atom. The van der Waals surface area contributed by atoms with Crippen LogP contribution in [0, 0.1) is 0 Å². The van der Waals surface area contributed by atoms with Crippen molar-refractivity contribution in [1.82, 2.24) is 9.66 Å². The van der Waals surface area contributed by atoms with Crippen molar-refractivity contribution in [2.75, 3.05) is 13.7 Å². The van der Waals surface area contributed by atoms with E-state index in [9.17, 15) is 9.59 Å². The predicted octanol–water partition coefficient (Wildman–Crippen LogP) is 5.38. The zero-order valence-electron chi connectivity index (χ0n) is 20.0. The van der Waals surface area contributed by atoms with E-state index >= 15 is 0 Å². The van der Waals surface area contributed by atoms with Crippen LogP contribution in [0.3, 0.4) is 0 Å². The highest BCUT2D eigenvalue weighted by atomic mass is 79.9. The Labute approximate surface area is 217 Å². The Balaban J connectivity index is 1.96. The Kier molecular flexibility index (Phi) is 9.28. The smallest absolute Gasteiger partial charge is 0.344 e. The first kappa shape index (κ1) is 26.7. The topological polar surface area (TPSA) is 92.0 Å². The lowest BCUT2D eigenvalue weighted by molar-refractivity contribution is -0.149. The molecule has 0 saturated carbocycles. The van der Waals surface area contributed by atoms with Gasteiger partial charge in [-0.05, 0) is 56.2 Å². The summed E-state index contributed by atoms with van der Waals surface area (Å²) in [5, 5.41) is 5.12. The number of rotatable bonds is 10. The first-order valence-electron chi connectivity index (χ1n) is 11.2. The molecule has 3 aromatic rings. The van der Waals surface area contributed by atoms with E-state index < -0.39 is 5.97 Å². The molecule has 0 amide bonds. The molecule has 0 bridgehead atoms. The molecule has 0 unspecified atom stereocenters. The van der Waals surface area contributed by atoms with Crippen molar-refractivity contribution in [3.05, 3.63) is 61.6 Å². The Morgan fingerprint density at radius 2 is 2.06 bits per heavy atom. The number of unbranched alkanes of at least 4 members (excludes halogenated alkanes) is 1. The fourth-order valence-corrected chi connectivity index (χ4v) is 3.95. The summed E-state index contributed by atoms with van der Waals surface area (Å²) in [7, 11) is 1.46. The second kappa shape index (κ2) is 12.2. The van der Waals surface area contributed by atoms with Crippen molar-refractivity contribution in [1.29, 1.82) is 0 Å². The number of aromatic nitrogens is 2. The van der Waals surface area contributed by atoms with Crippen LogP contribution in [0.2, 0.25) is 5.02 Å². The summed E-state index contributed by atoms with van der Waals surface area (Å²) in [5.74, 6) is 0.586. The number of carbonyl (C=O) groups is 1. The van der Waals surface area contributed by atoms with Crippen LogP contribution < -0.4 is 15.0 Å². The first-order chi connectivity index (χ1) is 16.7. The number of benzene rings is 2.